The van der Waals surface area contributed by atoms with Crippen molar-refractivity contribution in [3.8, 4) is 0 Å². The first-order chi connectivity index (χ1) is 16.5. The van der Waals surface area contributed by atoms with E-state index in [9.17, 15) is 4.79 Å². The molecule has 0 saturated heterocycles. The average molecular weight is 511 g/mol. The fourth-order valence-corrected chi connectivity index (χ4v) is 4.72. The number of hydrogen-bond acceptors (Lipinski definition) is 6. The molecule has 0 aliphatic rings. The minimum absolute atomic E-state index is 0.163. The maximum Gasteiger partial charge on any atom is 0.305 e. The number of hydrogen-bond donors (Lipinski definition) is 0. The number of esters is 1. The number of carbonyl (C=O) groups is 1. The lowest BCUT2D eigenvalue weighted by Crippen LogP contribution is -2.40. The highest BCUT2D eigenvalue weighted by atomic mass is 28.4. The Morgan fingerprint density at radius 3 is 2.29 bits per heavy atom. The first-order valence-electron chi connectivity index (χ1n) is 13.0. The van der Waals surface area contributed by atoms with E-state index in [1.165, 1.54) is 13.5 Å². The van der Waals surface area contributed by atoms with Crippen LogP contribution in [-0.2, 0) is 36.4 Å². The van der Waals surface area contributed by atoms with Crippen LogP contribution in [0.3, 0.4) is 0 Å². The Bertz CT molecular complexity index is 779. The molecule has 202 valence electrons. The van der Waals surface area contributed by atoms with Crippen LogP contribution in [0.5, 0.6) is 0 Å². The summed E-state index contributed by atoms with van der Waals surface area (Å²) in [6.45, 7) is 15.3. The van der Waals surface area contributed by atoms with Gasteiger partial charge in [0, 0.05) is 45.0 Å². The molecule has 0 spiro atoms. The van der Waals surface area contributed by atoms with Crippen LogP contribution in [0, 0.1) is 6.92 Å². The van der Waals surface area contributed by atoms with Gasteiger partial charge in [0.05, 0.1) is 7.11 Å². The van der Waals surface area contributed by atoms with Crippen molar-refractivity contribution >= 4 is 14.3 Å². The van der Waals surface area contributed by atoms with E-state index in [1.807, 2.05) is 0 Å². The molecule has 0 aromatic carbocycles. The van der Waals surface area contributed by atoms with Crippen LogP contribution < -0.4 is 0 Å². The molecule has 1 aromatic heterocycles. The predicted octanol–water partition coefficient (Wildman–Crippen LogP) is 6.51. The van der Waals surface area contributed by atoms with Gasteiger partial charge in [-0.15, -0.1) is 0 Å². The molecule has 7 nitrogen and oxygen atoms in total. The van der Waals surface area contributed by atoms with Crippen LogP contribution in [0.15, 0.2) is 12.2 Å². The lowest BCUT2D eigenvalue weighted by atomic mass is 10.1. The molecule has 0 N–H and O–H groups in total. The molecule has 0 bridgehead atoms. The van der Waals surface area contributed by atoms with Gasteiger partial charge in [-0.2, -0.15) is 5.10 Å². The molecule has 1 rings (SSSR count). The first kappa shape index (κ1) is 31.5. The minimum atomic E-state index is -1.64. The van der Waals surface area contributed by atoms with Crippen LogP contribution in [0.4, 0.5) is 0 Å². The summed E-state index contributed by atoms with van der Waals surface area (Å²) in [7, 11) is 3.06. The zero-order chi connectivity index (χ0) is 26.5. The van der Waals surface area contributed by atoms with E-state index in [1.54, 1.807) is 14.2 Å². The van der Waals surface area contributed by atoms with Gasteiger partial charge in [0.15, 0.2) is 8.32 Å². The van der Waals surface area contributed by atoms with E-state index in [0.717, 1.165) is 68.6 Å². The molecule has 0 radical (unpaired) electrons. The third-order valence-corrected chi connectivity index (χ3v) is 11.6. The Hall–Kier alpha value is -1.48. The second-order valence-electron chi connectivity index (χ2n) is 10.6. The summed E-state index contributed by atoms with van der Waals surface area (Å²) in [5.74, 6) is -0.163. The number of allylic oxidation sites excluding steroid dienone is 2. The van der Waals surface area contributed by atoms with Gasteiger partial charge in [-0.25, -0.2) is 0 Å². The van der Waals surface area contributed by atoms with Gasteiger partial charge in [0.2, 0.25) is 6.29 Å². The van der Waals surface area contributed by atoms with Gasteiger partial charge < -0.3 is 18.6 Å². The van der Waals surface area contributed by atoms with Crippen molar-refractivity contribution in [1.29, 1.82) is 0 Å². The highest BCUT2D eigenvalue weighted by molar-refractivity contribution is 6.74. The fourth-order valence-electron chi connectivity index (χ4n) is 3.63. The van der Waals surface area contributed by atoms with Crippen molar-refractivity contribution in [2.75, 3.05) is 27.9 Å². The lowest BCUT2D eigenvalue weighted by Gasteiger charge is -2.36. The van der Waals surface area contributed by atoms with Gasteiger partial charge in [-0.05, 0) is 57.2 Å². The first-order valence-corrected chi connectivity index (χ1v) is 15.9. The summed E-state index contributed by atoms with van der Waals surface area (Å²) in [4.78, 5) is 11.2. The normalized spacial score (nSPS) is 12.7. The zero-order valence-electron chi connectivity index (χ0n) is 23.7. The van der Waals surface area contributed by atoms with Gasteiger partial charge in [0.1, 0.15) is 5.69 Å². The monoisotopic (exact) mass is 510 g/mol. The zero-order valence-corrected chi connectivity index (χ0v) is 24.7. The van der Waals surface area contributed by atoms with Crippen LogP contribution in [-0.4, -0.2) is 52.0 Å². The molecular weight excluding hydrogens is 460 g/mol. The highest BCUT2D eigenvalue weighted by Gasteiger charge is 2.36. The quantitative estimate of drug-likeness (QED) is 0.0782. The third kappa shape index (κ3) is 10.6. The van der Waals surface area contributed by atoms with Crippen molar-refractivity contribution in [3.63, 3.8) is 0 Å². The van der Waals surface area contributed by atoms with Crippen molar-refractivity contribution in [1.82, 2.24) is 9.78 Å². The molecular formula is C27H50N2O5Si. The molecule has 1 heterocycles. The van der Waals surface area contributed by atoms with Crippen LogP contribution in [0.2, 0.25) is 18.1 Å². The SMILES string of the molecule is COC(=O)CCCC=CCc1c(C(OC)OC)nn(CCCCCCO[Si](C)(C)C(C)(C)C)c1C. The lowest BCUT2D eigenvalue weighted by molar-refractivity contribution is -0.140. The summed E-state index contributed by atoms with van der Waals surface area (Å²) in [6.07, 6.45) is 11.1. The van der Waals surface area contributed by atoms with Gasteiger partial charge in [-0.1, -0.05) is 45.8 Å². The van der Waals surface area contributed by atoms with Gasteiger partial charge in [-0.3, -0.25) is 9.48 Å². The van der Waals surface area contributed by atoms with Crippen LogP contribution >= 0.6 is 0 Å². The van der Waals surface area contributed by atoms with E-state index < -0.39 is 14.6 Å². The summed E-state index contributed by atoms with van der Waals surface area (Å²) in [5.41, 5.74) is 3.14. The number of aryl methyl sites for hydroxylation is 1. The number of ether oxygens (including phenoxy) is 3. The second-order valence-corrected chi connectivity index (χ2v) is 15.5. The molecule has 0 aliphatic carbocycles. The molecule has 0 unspecified atom stereocenters. The molecule has 0 saturated carbocycles. The van der Waals surface area contributed by atoms with Crippen molar-refractivity contribution in [2.24, 2.45) is 0 Å². The number of aromatic nitrogens is 2. The van der Waals surface area contributed by atoms with Crippen molar-refractivity contribution in [2.45, 2.75) is 110 Å². The average Bonchev–Trinajstić information content (AvgIpc) is 3.10. The number of nitrogens with zero attached hydrogens (tertiary/aromatic N) is 2. The van der Waals surface area contributed by atoms with E-state index in [4.69, 9.17) is 19.0 Å². The molecule has 0 aliphatic heterocycles. The van der Waals surface area contributed by atoms with E-state index in [-0.39, 0.29) is 11.0 Å². The molecule has 35 heavy (non-hydrogen) atoms. The maximum absolute atomic E-state index is 11.2. The van der Waals surface area contributed by atoms with E-state index in [2.05, 4.69) is 62.4 Å². The standard InChI is InChI=1S/C27H50N2O5Si/c1-22-23(18-14-10-11-15-19-24(30)31-5)25(26(32-6)33-7)28-29(22)20-16-12-13-17-21-34-35(8,9)27(2,3)4/h10,14,26H,11-13,15-21H2,1-9H3. The Morgan fingerprint density at radius 2 is 1.69 bits per heavy atom. The molecule has 8 heteroatoms. The Balaban J connectivity index is 2.60. The van der Waals surface area contributed by atoms with E-state index in [0.29, 0.717) is 6.42 Å². The Labute approximate surface area is 214 Å². The Morgan fingerprint density at radius 1 is 1.03 bits per heavy atom. The Kier molecular flexibility index (Phi) is 14.1. The van der Waals surface area contributed by atoms with Crippen LogP contribution in [0.1, 0.15) is 89.0 Å². The molecule has 0 atom stereocenters. The largest absolute Gasteiger partial charge is 0.469 e. The molecule has 0 fully saturated rings. The van der Waals surface area contributed by atoms with Crippen molar-refractivity contribution in [3.05, 3.63) is 29.1 Å². The fraction of sp³-hybridized carbons (Fsp3) is 0.778. The highest BCUT2D eigenvalue weighted by Crippen LogP contribution is 2.36. The number of carbonyl (C=O) groups excluding carboxylic acids is 1. The third-order valence-electron chi connectivity index (χ3n) is 7.01. The van der Waals surface area contributed by atoms with E-state index >= 15 is 0 Å². The predicted molar refractivity (Wildman–Crippen MR) is 144 cm³/mol. The minimum Gasteiger partial charge on any atom is -0.469 e. The summed E-state index contributed by atoms with van der Waals surface area (Å²) in [5, 5.41) is 5.11. The maximum atomic E-state index is 11.2. The molecule has 0 amide bonds. The van der Waals surface area contributed by atoms with Gasteiger partial charge in [0.25, 0.3) is 0 Å². The van der Waals surface area contributed by atoms with Crippen molar-refractivity contribution < 1.29 is 23.4 Å². The summed E-state index contributed by atoms with van der Waals surface area (Å²) >= 11 is 0. The summed E-state index contributed by atoms with van der Waals surface area (Å²) < 4.78 is 24.1. The second kappa shape index (κ2) is 15.6. The topological polar surface area (TPSA) is 71.8 Å². The summed E-state index contributed by atoms with van der Waals surface area (Å²) in [6, 6.07) is 0. The van der Waals surface area contributed by atoms with Crippen LogP contribution in [0.25, 0.3) is 0 Å². The number of unbranched alkanes of at least 4 members (excludes halogenated alkanes) is 4. The molecule has 1 aromatic rings. The number of rotatable bonds is 17. The number of methoxy groups -OCH3 is 3. The van der Waals surface area contributed by atoms with Gasteiger partial charge >= 0.3 is 5.97 Å². The smallest absolute Gasteiger partial charge is 0.305 e.